The molecule has 7 nitrogen and oxygen atoms in total. The average molecular weight is 391 g/mol. The van der Waals surface area contributed by atoms with Gasteiger partial charge in [0.25, 0.3) is 0 Å². The third kappa shape index (κ3) is 3.30. The second-order valence-corrected chi connectivity index (χ2v) is 6.64. The van der Waals surface area contributed by atoms with Crippen LogP contribution in [0.3, 0.4) is 0 Å². The average Bonchev–Trinajstić information content (AvgIpc) is 3.35. The van der Waals surface area contributed by atoms with E-state index in [-0.39, 0.29) is 18.0 Å². The van der Waals surface area contributed by atoms with Crippen molar-refractivity contribution in [2.75, 3.05) is 6.61 Å². The molecule has 0 amide bonds. The summed E-state index contributed by atoms with van der Waals surface area (Å²) in [6, 6.07) is 1.64. The van der Waals surface area contributed by atoms with E-state index in [2.05, 4.69) is 20.1 Å². The molecule has 1 aliphatic rings. The lowest BCUT2D eigenvalue weighted by atomic mass is 10.1. The second kappa shape index (κ2) is 6.54. The Morgan fingerprint density at radius 2 is 2.11 bits per heavy atom. The highest BCUT2D eigenvalue weighted by Gasteiger charge is 2.50. The van der Waals surface area contributed by atoms with Crippen LogP contribution < -0.4 is 0 Å². The van der Waals surface area contributed by atoms with E-state index in [1.807, 2.05) is 0 Å². The first-order valence-electron chi connectivity index (χ1n) is 8.68. The number of hydrogen-bond acceptors (Lipinski definition) is 6. The van der Waals surface area contributed by atoms with Gasteiger partial charge in [-0.15, -0.1) is 0 Å². The van der Waals surface area contributed by atoms with Crippen LogP contribution in [-0.2, 0) is 22.8 Å². The second-order valence-electron chi connectivity index (χ2n) is 6.64. The molecule has 3 aromatic heterocycles. The molecule has 0 bridgehead atoms. The number of carbonyl (C=O) groups excluding carboxylic acids is 1. The Labute approximate surface area is 157 Å². The number of nitrogens with zero attached hydrogens (tertiary/aromatic N) is 5. The number of aromatic nitrogens is 5. The molecule has 10 heteroatoms. The molecule has 0 spiro atoms. The number of aryl methyl sites for hydroxylation is 1. The maximum absolute atomic E-state index is 13.6. The monoisotopic (exact) mass is 391 g/mol. The van der Waals surface area contributed by atoms with E-state index in [0.717, 1.165) is 6.20 Å². The normalized spacial score (nSPS) is 19.0. The van der Waals surface area contributed by atoms with Gasteiger partial charge in [-0.3, -0.25) is 9.48 Å². The summed E-state index contributed by atoms with van der Waals surface area (Å²) in [5.41, 5.74) is -0.269. The van der Waals surface area contributed by atoms with Crippen LogP contribution in [0.25, 0.3) is 22.4 Å². The van der Waals surface area contributed by atoms with Gasteiger partial charge in [-0.1, -0.05) is 0 Å². The van der Waals surface area contributed by atoms with E-state index >= 15 is 0 Å². The maximum atomic E-state index is 13.6. The van der Waals surface area contributed by atoms with E-state index < -0.39 is 29.7 Å². The molecule has 0 N–H and O–H groups in total. The van der Waals surface area contributed by atoms with Crippen LogP contribution in [0.1, 0.15) is 30.5 Å². The molecular weight excluding hydrogens is 375 g/mol. The lowest BCUT2D eigenvalue weighted by Crippen LogP contribution is -2.15. The quantitative estimate of drug-likeness (QED) is 0.636. The van der Waals surface area contributed by atoms with Gasteiger partial charge in [-0.25, -0.2) is 15.0 Å². The Bertz CT molecular complexity index is 1060. The van der Waals surface area contributed by atoms with Crippen LogP contribution in [0, 0.1) is 5.92 Å². The molecule has 0 aliphatic heterocycles. The third-order valence-corrected chi connectivity index (χ3v) is 4.60. The van der Waals surface area contributed by atoms with Crippen LogP contribution in [0.15, 0.2) is 24.7 Å². The van der Waals surface area contributed by atoms with Gasteiger partial charge in [0, 0.05) is 48.1 Å². The number of halogens is 3. The van der Waals surface area contributed by atoms with Gasteiger partial charge in [0.1, 0.15) is 0 Å². The van der Waals surface area contributed by atoms with Gasteiger partial charge in [0.05, 0.1) is 12.5 Å². The largest absolute Gasteiger partial charge is 0.466 e. The molecule has 3 heterocycles. The van der Waals surface area contributed by atoms with Crippen molar-refractivity contribution in [3.8, 4) is 11.4 Å². The van der Waals surface area contributed by atoms with Crippen molar-refractivity contribution < 1.29 is 22.7 Å². The first kappa shape index (κ1) is 18.3. The van der Waals surface area contributed by atoms with Gasteiger partial charge in [-0.2, -0.15) is 18.3 Å². The van der Waals surface area contributed by atoms with Crippen molar-refractivity contribution in [1.29, 1.82) is 0 Å². The van der Waals surface area contributed by atoms with Crippen molar-refractivity contribution in [1.82, 2.24) is 24.7 Å². The number of carbonyl (C=O) groups is 1. The molecule has 28 heavy (non-hydrogen) atoms. The van der Waals surface area contributed by atoms with E-state index in [4.69, 9.17) is 4.74 Å². The number of esters is 1. The molecule has 0 saturated heterocycles. The molecule has 4 rings (SSSR count). The molecule has 1 fully saturated rings. The topological polar surface area (TPSA) is 82.8 Å². The minimum absolute atomic E-state index is 0.0790. The fourth-order valence-corrected chi connectivity index (χ4v) is 3.23. The predicted octanol–water partition coefficient (Wildman–Crippen LogP) is 3.11. The van der Waals surface area contributed by atoms with Crippen LogP contribution in [0.5, 0.6) is 0 Å². The zero-order chi connectivity index (χ0) is 20.1. The van der Waals surface area contributed by atoms with Gasteiger partial charge in [0.2, 0.25) is 0 Å². The Balaban J connectivity index is 1.71. The minimum atomic E-state index is -4.67. The van der Waals surface area contributed by atoms with Crippen molar-refractivity contribution in [2.24, 2.45) is 13.0 Å². The molecule has 0 radical (unpaired) electrons. The minimum Gasteiger partial charge on any atom is -0.466 e. The van der Waals surface area contributed by atoms with Crippen molar-refractivity contribution in [3.05, 3.63) is 35.9 Å². The summed E-state index contributed by atoms with van der Waals surface area (Å²) in [6.45, 7) is 1.84. The molecule has 0 aromatic carbocycles. The number of hydrogen-bond donors (Lipinski definition) is 0. The van der Waals surface area contributed by atoms with E-state index in [1.54, 1.807) is 30.9 Å². The van der Waals surface area contributed by atoms with Gasteiger partial charge in [0.15, 0.2) is 17.2 Å². The number of ether oxygens (including phenoxy) is 1. The number of alkyl halides is 3. The van der Waals surface area contributed by atoms with Gasteiger partial charge < -0.3 is 4.74 Å². The van der Waals surface area contributed by atoms with Gasteiger partial charge in [-0.05, 0) is 19.4 Å². The zero-order valence-corrected chi connectivity index (χ0v) is 15.1. The SMILES string of the molecule is CCOC(=O)[C@H]1C[C@@H]1c1cnc(-c2cnc3nn(C)cc3c2)nc1C(F)(F)F. The Morgan fingerprint density at radius 3 is 2.82 bits per heavy atom. The Hall–Kier alpha value is -3.04. The number of pyridine rings is 1. The fraction of sp³-hybridized carbons (Fsp3) is 0.389. The predicted molar refractivity (Wildman–Crippen MR) is 92.0 cm³/mol. The van der Waals surface area contributed by atoms with Crippen molar-refractivity contribution >= 4 is 17.0 Å². The highest BCUT2D eigenvalue weighted by atomic mass is 19.4. The summed E-state index contributed by atoms with van der Waals surface area (Å²) in [4.78, 5) is 23.8. The van der Waals surface area contributed by atoms with Crippen LogP contribution in [0.4, 0.5) is 13.2 Å². The Morgan fingerprint density at radius 1 is 1.32 bits per heavy atom. The molecular formula is C18H16F3N5O2. The number of rotatable bonds is 4. The zero-order valence-electron chi connectivity index (χ0n) is 15.1. The van der Waals surface area contributed by atoms with Crippen LogP contribution in [-0.4, -0.2) is 37.3 Å². The molecule has 146 valence electrons. The lowest BCUT2D eigenvalue weighted by Gasteiger charge is -2.13. The lowest BCUT2D eigenvalue weighted by molar-refractivity contribution is -0.145. The standard InChI is InChI=1S/C18H16F3N5O2/c1-3-28-17(27)12-5-11(12)13-7-23-15(24-14(13)18(19,20)21)9-4-10-8-26(2)25-16(10)22-6-9/h4,6-8,11-12H,3,5H2,1-2H3/t11-,12-/m0/s1. The third-order valence-electron chi connectivity index (χ3n) is 4.60. The highest BCUT2D eigenvalue weighted by molar-refractivity contribution is 5.79. The molecule has 2 atom stereocenters. The summed E-state index contributed by atoms with van der Waals surface area (Å²) in [6.07, 6.45) is -0.112. The summed E-state index contributed by atoms with van der Waals surface area (Å²) < 4.78 is 47.4. The van der Waals surface area contributed by atoms with E-state index in [9.17, 15) is 18.0 Å². The summed E-state index contributed by atoms with van der Waals surface area (Å²) >= 11 is 0. The summed E-state index contributed by atoms with van der Waals surface area (Å²) in [5, 5.41) is 4.80. The van der Waals surface area contributed by atoms with E-state index in [1.165, 1.54) is 6.20 Å². The van der Waals surface area contributed by atoms with Crippen molar-refractivity contribution in [3.63, 3.8) is 0 Å². The van der Waals surface area contributed by atoms with Crippen LogP contribution >= 0.6 is 0 Å². The van der Waals surface area contributed by atoms with Crippen molar-refractivity contribution in [2.45, 2.75) is 25.4 Å². The molecule has 1 saturated carbocycles. The Kier molecular flexibility index (Phi) is 4.28. The summed E-state index contributed by atoms with van der Waals surface area (Å²) in [7, 11) is 1.73. The first-order valence-corrected chi connectivity index (χ1v) is 8.68. The molecule has 0 unspecified atom stereocenters. The maximum Gasteiger partial charge on any atom is 0.433 e. The van der Waals surface area contributed by atoms with Gasteiger partial charge >= 0.3 is 12.1 Å². The number of fused-ring (bicyclic) bond motifs is 1. The molecule has 3 aromatic rings. The highest BCUT2D eigenvalue weighted by Crippen LogP contribution is 2.51. The molecule has 1 aliphatic carbocycles. The van der Waals surface area contributed by atoms with E-state index in [0.29, 0.717) is 23.0 Å². The van der Waals surface area contributed by atoms with Crippen LogP contribution in [0.2, 0.25) is 0 Å². The first-order chi connectivity index (χ1) is 13.3. The summed E-state index contributed by atoms with van der Waals surface area (Å²) in [5.74, 6) is -1.73. The fourth-order valence-electron chi connectivity index (χ4n) is 3.23. The smallest absolute Gasteiger partial charge is 0.433 e.